The van der Waals surface area contributed by atoms with Crippen molar-refractivity contribution in [1.29, 1.82) is 0 Å². The molecule has 2 aromatic rings. The number of phenols is 1. The van der Waals surface area contributed by atoms with Crippen LogP contribution in [0.1, 0.15) is 28.7 Å². The van der Waals surface area contributed by atoms with Crippen molar-refractivity contribution in [2.45, 2.75) is 12.0 Å². The van der Waals surface area contributed by atoms with Gasteiger partial charge in [-0.05, 0) is 41.5 Å². The summed E-state index contributed by atoms with van der Waals surface area (Å²) in [5.41, 5.74) is 2.01. The zero-order valence-corrected chi connectivity index (χ0v) is 13.4. The number of rotatable bonds is 4. The highest BCUT2D eigenvalue weighted by Crippen LogP contribution is 2.47. The summed E-state index contributed by atoms with van der Waals surface area (Å²) in [6.07, 6.45) is 1.90. The summed E-state index contributed by atoms with van der Waals surface area (Å²) in [6.45, 7) is 0. The lowest BCUT2D eigenvalue weighted by Crippen LogP contribution is -2.20. The molecule has 3 rings (SSSR count). The van der Waals surface area contributed by atoms with E-state index in [4.69, 9.17) is 14.6 Å². The number of carbonyl (C=O) groups excluding carboxylic acids is 1. The van der Waals surface area contributed by atoms with E-state index in [0.717, 1.165) is 11.6 Å². The minimum Gasteiger partial charge on any atom is -0.508 e. The maximum Gasteiger partial charge on any atom is 0.328 e. The number of carbonyl (C=O) groups is 2. The smallest absolute Gasteiger partial charge is 0.328 e. The van der Waals surface area contributed by atoms with Crippen molar-refractivity contribution >= 4 is 18.0 Å². The maximum absolute atomic E-state index is 12.3. The van der Waals surface area contributed by atoms with Gasteiger partial charge < -0.3 is 19.7 Å². The number of methoxy groups -OCH3 is 1. The van der Waals surface area contributed by atoms with Gasteiger partial charge in [-0.15, -0.1) is 0 Å². The zero-order chi connectivity index (χ0) is 18.0. The number of hydrogen-bond acceptors (Lipinski definition) is 5. The van der Waals surface area contributed by atoms with Gasteiger partial charge in [-0.2, -0.15) is 0 Å². The number of esters is 1. The number of aliphatic carboxylic acids is 1. The Kier molecular flexibility index (Phi) is 4.43. The zero-order valence-electron chi connectivity index (χ0n) is 13.4. The average molecular weight is 340 g/mol. The van der Waals surface area contributed by atoms with Gasteiger partial charge in [-0.3, -0.25) is 4.79 Å². The molecule has 0 aromatic heterocycles. The molecule has 0 fully saturated rings. The molecule has 0 radical (unpaired) electrons. The van der Waals surface area contributed by atoms with Crippen LogP contribution in [0.2, 0.25) is 0 Å². The molecule has 2 atom stereocenters. The van der Waals surface area contributed by atoms with Gasteiger partial charge in [-0.1, -0.05) is 18.2 Å². The van der Waals surface area contributed by atoms with E-state index >= 15 is 0 Å². The molecule has 2 N–H and O–H groups in total. The Morgan fingerprint density at radius 3 is 2.52 bits per heavy atom. The Morgan fingerprint density at radius 1 is 1.16 bits per heavy atom. The van der Waals surface area contributed by atoms with E-state index in [1.54, 1.807) is 30.3 Å². The molecule has 1 unspecified atom stereocenters. The van der Waals surface area contributed by atoms with Crippen molar-refractivity contribution in [2.24, 2.45) is 0 Å². The lowest BCUT2D eigenvalue weighted by Gasteiger charge is -2.17. The van der Waals surface area contributed by atoms with Crippen molar-refractivity contribution in [3.63, 3.8) is 0 Å². The van der Waals surface area contributed by atoms with Gasteiger partial charge in [0.15, 0.2) is 0 Å². The molecule has 0 saturated carbocycles. The Bertz CT molecular complexity index is 837. The number of carboxylic acid groups (broad SMARTS) is 1. The normalized spacial score (nSPS) is 18.6. The molecule has 2 aromatic carbocycles. The van der Waals surface area contributed by atoms with Crippen LogP contribution in [0.5, 0.6) is 11.5 Å². The summed E-state index contributed by atoms with van der Waals surface area (Å²) >= 11 is 0. The fraction of sp³-hybridized carbons (Fsp3) is 0.158. The van der Waals surface area contributed by atoms with Gasteiger partial charge >= 0.3 is 11.9 Å². The quantitative estimate of drug-likeness (QED) is 0.657. The lowest BCUT2D eigenvalue weighted by atomic mass is 9.90. The molecule has 0 bridgehead atoms. The van der Waals surface area contributed by atoms with Gasteiger partial charge in [0.05, 0.1) is 7.11 Å². The van der Waals surface area contributed by atoms with Crippen molar-refractivity contribution < 1.29 is 29.3 Å². The molecule has 0 amide bonds. The number of hydrogen-bond donors (Lipinski definition) is 2. The molecule has 25 heavy (non-hydrogen) atoms. The van der Waals surface area contributed by atoms with Crippen molar-refractivity contribution in [2.75, 3.05) is 7.11 Å². The molecule has 1 aliphatic heterocycles. The van der Waals surface area contributed by atoms with Gasteiger partial charge in [0.2, 0.25) is 0 Å². The van der Waals surface area contributed by atoms with E-state index in [1.807, 2.05) is 0 Å². The summed E-state index contributed by atoms with van der Waals surface area (Å²) in [6, 6.07) is 11.6. The third-order valence-electron chi connectivity index (χ3n) is 4.02. The monoisotopic (exact) mass is 340 g/mol. The van der Waals surface area contributed by atoms with E-state index in [1.165, 1.54) is 25.3 Å². The minimum atomic E-state index is -1.05. The van der Waals surface area contributed by atoms with Gasteiger partial charge in [-0.25, -0.2) is 4.79 Å². The SMILES string of the molecule is COC(=O)C1c2cc(/C=C/C(=O)O)ccc2O[C@@H]1c1ccc(O)cc1. The van der Waals surface area contributed by atoms with Crippen LogP contribution in [-0.2, 0) is 14.3 Å². The molecule has 0 spiro atoms. The molecule has 128 valence electrons. The van der Waals surface area contributed by atoms with Crippen LogP contribution in [0, 0.1) is 0 Å². The van der Waals surface area contributed by atoms with E-state index in [0.29, 0.717) is 16.9 Å². The molecule has 0 saturated heterocycles. The largest absolute Gasteiger partial charge is 0.508 e. The first-order valence-electron chi connectivity index (χ1n) is 7.58. The van der Waals surface area contributed by atoms with Gasteiger partial charge in [0.25, 0.3) is 0 Å². The van der Waals surface area contributed by atoms with Crippen LogP contribution in [0.15, 0.2) is 48.5 Å². The highest BCUT2D eigenvalue weighted by atomic mass is 16.5. The van der Waals surface area contributed by atoms with E-state index in [9.17, 15) is 14.7 Å². The molecule has 6 heteroatoms. The van der Waals surface area contributed by atoms with Crippen molar-refractivity contribution in [1.82, 2.24) is 0 Å². The summed E-state index contributed by atoms with van der Waals surface area (Å²) < 4.78 is 10.9. The van der Waals surface area contributed by atoms with Crippen LogP contribution in [0.25, 0.3) is 6.08 Å². The van der Waals surface area contributed by atoms with Crippen LogP contribution in [0.3, 0.4) is 0 Å². The fourth-order valence-corrected chi connectivity index (χ4v) is 2.86. The second-order valence-electron chi connectivity index (χ2n) is 5.60. The average Bonchev–Trinajstić information content (AvgIpc) is 2.98. The number of carboxylic acids is 1. The standard InChI is InChI=1S/C19H16O6/c1-24-19(23)17-14-10-11(3-9-16(21)22)2-8-15(14)25-18(17)12-4-6-13(20)7-5-12/h2-10,17-18,20H,1H3,(H,21,22)/b9-3+/t17?,18-/m1/s1. The molecule has 1 aliphatic rings. The lowest BCUT2D eigenvalue weighted by molar-refractivity contribution is -0.144. The maximum atomic E-state index is 12.3. The summed E-state index contributed by atoms with van der Waals surface area (Å²) in [5.74, 6) is -1.52. The van der Waals surface area contributed by atoms with Crippen molar-refractivity contribution in [3.8, 4) is 11.5 Å². The third-order valence-corrected chi connectivity index (χ3v) is 4.02. The molecular formula is C19H16O6. The number of benzene rings is 2. The van der Waals surface area contributed by atoms with Crippen LogP contribution in [-0.4, -0.2) is 29.3 Å². The van der Waals surface area contributed by atoms with Gasteiger partial charge in [0, 0.05) is 11.6 Å². The Hall–Kier alpha value is -3.28. The molecule has 6 nitrogen and oxygen atoms in total. The Balaban J connectivity index is 2.01. The number of aromatic hydroxyl groups is 1. The minimum absolute atomic E-state index is 0.120. The second-order valence-corrected chi connectivity index (χ2v) is 5.60. The fourth-order valence-electron chi connectivity index (χ4n) is 2.86. The topological polar surface area (TPSA) is 93.1 Å². The van der Waals surface area contributed by atoms with E-state index < -0.39 is 24.0 Å². The van der Waals surface area contributed by atoms with Crippen molar-refractivity contribution in [3.05, 3.63) is 65.2 Å². The van der Waals surface area contributed by atoms with Gasteiger partial charge in [0.1, 0.15) is 23.5 Å². The molecule has 1 heterocycles. The van der Waals surface area contributed by atoms with E-state index in [-0.39, 0.29) is 5.75 Å². The third kappa shape index (κ3) is 3.33. The first-order chi connectivity index (χ1) is 12.0. The number of phenolic OH excluding ortho intramolecular Hbond substituents is 1. The Morgan fingerprint density at radius 2 is 1.88 bits per heavy atom. The summed E-state index contributed by atoms with van der Waals surface area (Å²) in [5, 5.41) is 18.2. The second kappa shape index (κ2) is 6.68. The van der Waals surface area contributed by atoms with Crippen LogP contribution >= 0.6 is 0 Å². The highest BCUT2D eigenvalue weighted by Gasteiger charge is 2.41. The molecule has 0 aliphatic carbocycles. The van der Waals surface area contributed by atoms with E-state index in [2.05, 4.69) is 0 Å². The predicted molar refractivity (Wildman–Crippen MR) is 89.3 cm³/mol. The highest BCUT2D eigenvalue weighted by molar-refractivity contribution is 5.86. The summed E-state index contributed by atoms with van der Waals surface area (Å²) in [4.78, 5) is 23.0. The number of ether oxygens (including phenoxy) is 2. The Labute approximate surface area is 143 Å². The molecular weight excluding hydrogens is 324 g/mol. The van der Waals surface area contributed by atoms with Crippen LogP contribution < -0.4 is 4.74 Å². The summed E-state index contributed by atoms with van der Waals surface area (Å²) in [7, 11) is 1.31. The number of fused-ring (bicyclic) bond motifs is 1. The van der Waals surface area contributed by atoms with Crippen LogP contribution in [0.4, 0.5) is 0 Å². The first kappa shape index (κ1) is 16.6. The first-order valence-corrected chi connectivity index (χ1v) is 7.58. The predicted octanol–water partition coefficient (Wildman–Crippen LogP) is 2.88.